The number of aliphatic hydroxyl groups excluding tert-OH is 1. The smallest absolute Gasteiger partial charge is 0.0685 e. The molecule has 6 unspecified atom stereocenters. The second-order valence-corrected chi connectivity index (χ2v) is 11.6. The van der Waals surface area contributed by atoms with Crippen LogP contribution in [0.1, 0.15) is 94.4 Å². The molecule has 0 spiro atoms. The predicted molar refractivity (Wildman–Crippen MR) is 134 cm³/mol. The van der Waals surface area contributed by atoms with Crippen LogP contribution < -0.4 is 0 Å². The van der Waals surface area contributed by atoms with E-state index in [4.69, 9.17) is 4.74 Å². The SMILES string of the molecule is CCC(CCC1CC=C(C)C1(C)C)C(C)OCC1=CCC(/C=C/C(C)C(C)O)C1(C)C. The first kappa shape index (κ1) is 26.4. The lowest BCUT2D eigenvalue weighted by Gasteiger charge is -2.33. The van der Waals surface area contributed by atoms with Gasteiger partial charge in [-0.25, -0.2) is 0 Å². The maximum atomic E-state index is 9.76. The normalized spacial score (nSPS) is 29.0. The molecule has 2 rings (SSSR count). The molecule has 2 aliphatic rings. The van der Waals surface area contributed by atoms with E-state index in [-0.39, 0.29) is 17.4 Å². The Hall–Kier alpha value is -0.860. The lowest BCUT2D eigenvalue weighted by Crippen LogP contribution is -2.27. The van der Waals surface area contributed by atoms with Crippen molar-refractivity contribution < 1.29 is 9.84 Å². The van der Waals surface area contributed by atoms with Crippen LogP contribution in [0.2, 0.25) is 0 Å². The summed E-state index contributed by atoms with van der Waals surface area (Å²) in [5, 5.41) is 9.76. The average Bonchev–Trinajstić information content (AvgIpc) is 3.12. The second kappa shape index (κ2) is 10.8. The van der Waals surface area contributed by atoms with Gasteiger partial charge >= 0.3 is 0 Å². The minimum atomic E-state index is -0.294. The van der Waals surface area contributed by atoms with Crippen molar-refractivity contribution in [2.45, 2.75) is 107 Å². The Labute approximate surface area is 193 Å². The van der Waals surface area contributed by atoms with E-state index in [9.17, 15) is 5.11 Å². The zero-order valence-corrected chi connectivity index (χ0v) is 21.9. The van der Waals surface area contributed by atoms with Crippen LogP contribution in [0.15, 0.2) is 35.5 Å². The van der Waals surface area contributed by atoms with Gasteiger partial charge in [0.2, 0.25) is 0 Å². The van der Waals surface area contributed by atoms with Crippen molar-refractivity contribution in [2.75, 3.05) is 6.61 Å². The molecule has 0 aromatic carbocycles. The molecular weight excluding hydrogens is 380 g/mol. The Bertz CT molecular complexity index is 664. The third-order valence-corrected chi connectivity index (χ3v) is 9.10. The second-order valence-electron chi connectivity index (χ2n) is 11.6. The van der Waals surface area contributed by atoms with Crippen LogP contribution in [0.4, 0.5) is 0 Å². The Morgan fingerprint density at radius 2 is 1.77 bits per heavy atom. The van der Waals surface area contributed by atoms with E-state index in [1.165, 1.54) is 31.3 Å². The molecule has 2 aliphatic carbocycles. The number of allylic oxidation sites excluding steroid dienone is 4. The lowest BCUT2D eigenvalue weighted by atomic mass is 9.74. The van der Waals surface area contributed by atoms with E-state index < -0.39 is 0 Å². The van der Waals surface area contributed by atoms with Crippen molar-refractivity contribution >= 4 is 0 Å². The van der Waals surface area contributed by atoms with Crippen molar-refractivity contribution in [1.29, 1.82) is 0 Å². The molecule has 0 aliphatic heterocycles. The zero-order valence-electron chi connectivity index (χ0n) is 21.9. The van der Waals surface area contributed by atoms with Gasteiger partial charge in [0, 0.05) is 0 Å². The average molecular weight is 431 g/mol. The highest BCUT2D eigenvalue weighted by molar-refractivity contribution is 5.24. The molecule has 0 amide bonds. The topological polar surface area (TPSA) is 29.5 Å². The Kier molecular flexibility index (Phi) is 9.23. The monoisotopic (exact) mass is 430 g/mol. The van der Waals surface area contributed by atoms with Crippen LogP contribution in [0.3, 0.4) is 0 Å². The standard InChI is InChI=1S/C29H50O2/c1-10-24(13-16-25-15-12-21(3)28(25,6)7)23(5)31-19-27-18-17-26(29(27,8)9)14-11-20(2)22(4)30/h11-12,14,18,20,22-26,30H,10,13,15-17,19H2,1-9H3/b14-11+. The quantitative estimate of drug-likeness (QED) is 0.340. The van der Waals surface area contributed by atoms with Crippen LogP contribution in [-0.2, 0) is 4.74 Å². The van der Waals surface area contributed by atoms with Crippen LogP contribution in [0, 0.1) is 34.5 Å². The molecule has 1 N–H and O–H groups in total. The highest BCUT2D eigenvalue weighted by atomic mass is 16.5. The van der Waals surface area contributed by atoms with Crippen molar-refractivity contribution in [1.82, 2.24) is 0 Å². The largest absolute Gasteiger partial charge is 0.393 e. The van der Waals surface area contributed by atoms with E-state index in [1.807, 2.05) is 6.92 Å². The fourth-order valence-electron chi connectivity index (χ4n) is 5.32. The van der Waals surface area contributed by atoms with Crippen molar-refractivity contribution in [3.8, 4) is 0 Å². The fraction of sp³-hybridized carbons (Fsp3) is 0.793. The fourth-order valence-corrected chi connectivity index (χ4v) is 5.32. The highest BCUT2D eigenvalue weighted by Crippen LogP contribution is 2.46. The molecule has 0 fully saturated rings. The summed E-state index contributed by atoms with van der Waals surface area (Å²) in [6.45, 7) is 21.1. The Morgan fingerprint density at radius 1 is 1.10 bits per heavy atom. The summed E-state index contributed by atoms with van der Waals surface area (Å²) in [6, 6.07) is 0. The molecule has 0 bridgehead atoms. The number of ether oxygens (including phenoxy) is 1. The van der Waals surface area contributed by atoms with Crippen LogP contribution >= 0.6 is 0 Å². The summed E-state index contributed by atoms with van der Waals surface area (Å²) in [7, 11) is 0. The molecule has 0 aromatic rings. The van der Waals surface area contributed by atoms with Gasteiger partial charge in [-0.1, -0.05) is 77.8 Å². The molecule has 2 nitrogen and oxygen atoms in total. The molecule has 6 atom stereocenters. The molecule has 0 heterocycles. The number of aliphatic hydroxyl groups is 1. The van der Waals surface area contributed by atoms with E-state index in [1.54, 1.807) is 5.57 Å². The van der Waals surface area contributed by atoms with E-state index >= 15 is 0 Å². The maximum Gasteiger partial charge on any atom is 0.0685 e. The van der Waals surface area contributed by atoms with Crippen molar-refractivity contribution in [3.05, 3.63) is 35.5 Å². The summed E-state index contributed by atoms with van der Waals surface area (Å²) in [5.41, 5.74) is 3.48. The summed E-state index contributed by atoms with van der Waals surface area (Å²) >= 11 is 0. The molecule has 0 aromatic heterocycles. The number of rotatable bonds is 11. The third-order valence-electron chi connectivity index (χ3n) is 9.10. The molecule has 0 saturated heterocycles. The predicted octanol–water partition coefficient (Wildman–Crippen LogP) is 7.74. The molecule has 0 radical (unpaired) electrons. The van der Waals surface area contributed by atoms with Gasteiger partial charge in [0.15, 0.2) is 0 Å². The van der Waals surface area contributed by atoms with E-state index in [0.29, 0.717) is 23.4 Å². The van der Waals surface area contributed by atoms with Crippen molar-refractivity contribution in [2.24, 2.45) is 34.5 Å². The maximum absolute atomic E-state index is 9.76. The van der Waals surface area contributed by atoms with Gasteiger partial charge in [-0.05, 0) is 86.5 Å². The van der Waals surface area contributed by atoms with Gasteiger partial charge in [0.25, 0.3) is 0 Å². The summed E-state index contributed by atoms with van der Waals surface area (Å²) in [5.74, 6) is 2.10. The number of hydrogen-bond acceptors (Lipinski definition) is 2. The van der Waals surface area contributed by atoms with Gasteiger partial charge in [0.1, 0.15) is 0 Å². The van der Waals surface area contributed by atoms with E-state index in [2.05, 4.69) is 79.7 Å². The van der Waals surface area contributed by atoms with Gasteiger partial charge in [0.05, 0.1) is 18.8 Å². The molecular formula is C29H50O2. The molecule has 2 heteroatoms. The minimum absolute atomic E-state index is 0.118. The molecule has 31 heavy (non-hydrogen) atoms. The summed E-state index contributed by atoms with van der Waals surface area (Å²) in [4.78, 5) is 0. The van der Waals surface area contributed by atoms with Crippen LogP contribution in [0.5, 0.6) is 0 Å². The first-order valence-electron chi connectivity index (χ1n) is 12.8. The molecule has 0 saturated carbocycles. The lowest BCUT2D eigenvalue weighted by molar-refractivity contribution is 0.0244. The number of hydrogen-bond donors (Lipinski definition) is 1. The third kappa shape index (κ3) is 6.35. The Balaban J connectivity index is 1.85. The van der Waals surface area contributed by atoms with Gasteiger partial charge in [-0.2, -0.15) is 0 Å². The van der Waals surface area contributed by atoms with Gasteiger partial charge < -0.3 is 9.84 Å². The zero-order chi connectivity index (χ0) is 23.4. The van der Waals surface area contributed by atoms with Crippen LogP contribution in [0.25, 0.3) is 0 Å². The molecule has 178 valence electrons. The summed E-state index contributed by atoms with van der Waals surface area (Å²) in [6.07, 6.45) is 15.4. The van der Waals surface area contributed by atoms with Crippen molar-refractivity contribution in [3.63, 3.8) is 0 Å². The first-order chi connectivity index (χ1) is 14.4. The Morgan fingerprint density at radius 3 is 2.32 bits per heavy atom. The highest BCUT2D eigenvalue weighted by Gasteiger charge is 2.37. The first-order valence-corrected chi connectivity index (χ1v) is 12.8. The van der Waals surface area contributed by atoms with Gasteiger partial charge in [-0.15, -0.1) is 0 Å². The summed E-state index contributed by atoms with van der Waals surface area (Å²) < 4.78 is 6.47. The minimum Gasteiger partial charge on any atom is -0.393 e. The van der Waals surface area contributed by atoms with Crippen LogP contribution in [-0.4, -0.2) is 23.9 Å². The van der Waals surface area contributed by atoms with Gasteiger partial charge in [-0.3, -0.25) is 0 Å². The van der Waals surface area contributed by atoms with E-state index in [0.717, 1.165) is 18.9 Å².